The van der Waals surface area contributed by atoms with Crippen LogP contribution in [-0.2, 0) is 14.8 Å². The third-order valence-electron chi connectivity index (χ3n) is 2.11. The van der Waals surface area contributed by atoms with Crippen LogP contribution in [0, 0.1) is 0 Å². The first-order chi connectivity index (χ1) is 8.77. The van der Waals surface area contributed by atoms with Crippen molar-refractivity contribution < 1.29 is 31.8 Å². The minimum Gasteiger partial charge on any atom is -0.507 e. The SMILES string of the molecule is COC(=O)c1cc(S(=O)(=O)NCC(F)F)ccc1O. The van der Waals surface area contributed by atoms with Crippen LogP contribution in [0.25, 0.3) is 0 Å². The van der Waals surface area contributed by atoms with Gasteiger partial charge in [0.1, 0.15) is 11.3 Å². The number of methoxy groups -OCH3 is 1. The number of hydrogen-bond acceptors (Lipinski definition) is 5. The molecule has 9 heteroatoms. The zero-order valence-corrected chi connectivity index (χ0v) is 10.6. The van der Waals surface area contributed by atoms with Gasteiger partial charge in [-0.05, 0) is 18.2 Å². The number of alkyl halides is 2. The van der Waals surface area contributed by atoms with E-state index in [1.165, 1.54) is 0 Å². The second-order valence-corrected chi connectivity index (χ2v) is 5.18. The summed E-state index contributed by atoms with van der Waals surface area (Å²) < 4.78 is 53.2. The standard InChI is InChI=1S/C10H11F2NO5S/c1-18-10(15)7-4-6(2-3-8(7)14)19(16,17)13-5-9(11)12/h2-4,9,13-14H,5H2,1H3. The summed E-state index contributed by atoms with van der Waals surface area (Å²) in [6.07, 6.45) is -2.84. The van der Waals surface area contributed by atoms with Gasteiger partial charge >= 0.3 is 5.97 Å². The van der Waals surface area contributed by atoms with E-state index in [4.69, 9.17) is 0 Å². The molecule has 0 aliphatic rings. The molecule has 0 aromatic heterocycles. The molecule has 19 heavy (non-hydrogen) atoms. The third kappa shape index (κ3) is 3.86. The predicted octanol–water partition coefficient (Wildman–Crippen LogP) is 0.722. The van der Waals surface area contributed by atoms with Gasteiger partial charge in [0.15, 0.2) is 0 Å². The number of ether oxygens (including phenoxy) is 1. The van der Waals surface area contributed by atoms with Gasteiger partial charge in [-0.25, -0.2) is 26.7 Å². The van der Waals surface area contributed by atoms with Crippen LogP contribution in [0.2, 0.25) is 0 Å². The number of carbonyl (C=O) groups excluding carboxylic acids is 1. The first-order valence-electron chi connectivity index (χ1n) is 4.97. The lowest BCUT2D eigenvalue weighted by molar-refractivity contribution is 0.0597. The molecule has 0 unspecified atom stereocenters. The molecule has 0 saturated carbocycles. The van der Waals surface area contributed by atoms with Crippen molar-refractivity contribution in [1.82, 2.24) is 4.72 Å². The topological polar surface area (TPSA) is 92.7 Å². The molecule has 0 bridgehead atoms. The van der Waals surface area contributed by atoms with Gasteiger partial charge in [0.25, 0.3) is 6.43 Å². The zero-order valence-electron chi connectivity index (χ0n) is 9.76. The maximum atomic E-state index is 12.0. The molecule has 0 radical (unpaired) electrons. The van der Waals surface area contributed by atoms with Crippen LogP contribution in [0.3, 0.4) is 0 Å². The van der Waals surface area contributed by atoms with Gasteiger partial charge in [-0.2, -0.15) is 0 Å². The highest BCUT2D eigenvalue weighted by atomic mass is 32.2. The number of sulfonamides is 1. The molecule has 6 nitrogen and oxygen atoms in total. The summed E-state index contributed by atoms with van der Waals surface area (Å²) in [5.41, 5.74) is -0.373. The van der Waals surface area contributed by atoms with Crippen LogP contribution in [0.4, 0.5) is 8.78 Å². The van der Waals surface area contributed by atoms with Gasteiger partial charge in [0, 0.05) is 0 Å². The predicted molar refractivity (Wildman–Crippen MR) is 60.6 cm³/mol. The number of halogens is 2. The third-order valence-corrected chi connectivity index (χ3v) is 3.53. The number of rotatable bonds is 5. The molecule has 0 spiro atoms. The number of nitrogens with one attached hydrogen (secondary N) is 1. The van der Waals surface area contributed by atoms with Crippen molar-refractivity contribution >= 4 is 16.0 Å². The number of aromatic hydroxyl groups is 1. The van der Waals surface area contributed by atoms with Crippen LogP contribution < -0.4 is 4.72 Å². The first-order valence-corrected chi connectivity index (χ1v) is 6.45. The number of phenolic OH excluding ortho intramolecular Hbond substituents is 1. The molecule has 0 fully saturated rings. The van der Waals surface area contributed by atoms with E-state index in [1.807, 2.05) is 0 Å². The lowest BCUT2D eigenvalue weighted by Crippen LogP contribution is -2.28. The van der Waals surface area contributed by atoms with E-state index in [9.17, 15) is 27.1 Å². The molecule has 0 saturated heterocycles. The van der Waals surface area contributed by atoms with E-state index in [1.54, 1.807) is 4.72 Å². The number of carbonyl (C=O) groups is 1. The highest BCUT2D eigenvalue weighted by molar-refractivity contribution is 7.89. The molecule has 106 valence electrons. The average Bonchev–Trinajstić information content (AvgIpc) is 2.36. The monoisotopic (exact) mass is 295 g/mol. The van der Waals surface area contributed by atoms with Crippen LogP contribution in [0.5, 0.6) is 5.75 Å². The van der Waals surface area contributed by atoms with Crippen molar-refractivity contribution in [2.45, 2.75) is 11.3 Å². The van der Waals surface area contributed by atoms with E-state index in [0.29, 0.717) is 0 Å². The molecule has 1 rings (SSSR count). The lowest BCUT2D eigenvalue weighted by atomic mass is 10.2. The second kappa shape index (κ2) is 5.93. The van der Waals surface area contributed by atoms with Crippen molar-refractivity contribution in [3.8, 4) is 5.75 Å². The Morgan fingerprint density at radius 2 is 2.11 bits per heavy atom. The fourth-order valence-corrected chi connectivity index (χ4v) is 2.24. The molecule has 2 N–H and O–H groups in total. The van der Waals surface area contributed by atoms with Gasteiger partial charge < -0.3 is 9.84 Å². The molecule has 1 aromatic carbocycles. The fraction of sp³-hybridized carbons (Fsp3) is 0.300. The molecular weight excluding hydrogens is 284 g/mol. The summed E-state index contributed by atoms with van der Waals surface area (Å²) in [4.78, 5) is 10.8. The van der Waals surface area contributed by atoms with Crippen molar-refractivity contribution in [3.05, 3.63) is 23.8 Å². The number of benzene rings is 1. The van der Waals surface area contributed by atoms with E-state index in [0.717, 1.165) is 25.3 Å². The molecule has 0 amide bonds. The Balaban J connectivity index is 3.11. The van der Waals surface area contributed by atoms with Gasteiger partial charge in [0.05, 0.1) is 18.6 Å². The van der Waals surface area contributed by atoms with Crippen LogP contribution in [0.1, 0.15) is 10.4 Å². The Kier molecular flexibility index (Phi) is 4.78. The van der Waals surface area contributed by atoms with Crippen LogP contribution >= 0.6 is 0 Å². The molecule has 0 heterocycles. The highest BCUT2D eigenvalue weighted by Gasteiger charge is 2.20. The first kappa shape index (κ1) is 15.3. The molecule has 0 aliphatic heterocycles. The summed E-state index contributed by atoms with van der Waals surface area (Å²) in [7, 11) is -3.13. The Morgan fingerprint density at radius 3 is 2.63 bits per heavy atom. The fourth-order valence-electron chi connectivity index (χ4n) is 1.21. The van der Waals surface area contributed by atoms with E-state index in [-0.39, 0.29) is 5.56 Å². The Morgan fingerprint density at radius 1 is 1.47 bits per heavy atom. The van der Waals surface area contributed by atoms with Crippen LogP contribution in [0.15, 0.2) is 23.1 Å². The zero-order chi connectivity index (χ0) is 14.6. The largest absolute Gasteiger partial charge is 0.507 e. The van der Waals surface area contributed by atoms with Crippen LogP contribution in [-0.4, -0.2) is 39.6 Å². The molecular formula is C10H11F2NO5S. The maximum absolute atomic E-state index is 12.0. The summed E-state index contributed by atoms with van der Waals surface area (Å²) >= 11 is 0. The van der Waals surface area contributed by atoms with Gasteiger partial charge in [0.2, 0.25) is 10.0 Å². The molecule has 0 atom stereocenters. The Labute approximate surface area is 108 Å². The smallest absolute Gasteiger partial charge is 0.341 e. The van der Waals surface area contributed by atoms with Gasteiger partial charge in [-0.1, -0.05) is 0 Å². The van der Waals surface area contributed by atoms with Crippen molar-refractivity contribution in [2.24, 2.45) is 0 Å². The summed E-state index contributed by atoms with van der Waals surface area (Å²) in [5.74, 6) is -1.41. The summed E-state index contributed by atoms with van der Waals surface area (Å²) in [5, 5.41) is 9.38. The number of hydrogen-bond donors (Lipinski definition) is 2. The maximum Gasteiger partial charge on any atom is 0.341 e. The van der Waals surface area contributed by atoms with E-state index >= 15 is 0 Å². The summed E-state index contributed by atoms with van der Waals surface area (Å²) in [6, 6.07) is 2.79. The van der Waals surface area contributed by atoms with E-state index in [2.05, 4.69) is 4.74 Å². The normalized spacial score (nSPS) is 11.6. The average molecular weight is 295 g/mol. The highest BCUT2D eigenvalue weighted by Crippen LogP contribution is 2.22. The van der Waals surface area contributed by atoms with Crippen molar-refractivity contribution in [3.63, 3.8) is 0 Å². The second-order valence-electron chi connectivity index (χ2n) is 3.41. The summed E-state index contributed by atoms with van der Waals surface area (Å²) in [6.45, 7) is -1.04. The quantitative estimate of drug-likeness (QED) is 0.781. The lowest BCUT2D eigenvalue weighted by Gasteiger charge is -2.08. The minimum absolute atomic E-state index is 0.373. The number of phenols is 1. The molecule has 0 aliphatic carbocycles. The Hall–Kier alpha value is -1.74. The van der Waals surface area contributed by atoms with E-state index < -0.39 is 39.6 Å². The minimum atomic E-state index is -4.19. The Bertz CT molecular complexity index is 573. The van der Waals surface area contributed by atoms with Gasteiger partial charge in [-0.15, -0.1) is 0 Å². The van der Waals surface area contributed by atoms with Gasteiger partial charge in [-0.3, -0.25) is 0 Å². The molecule has 1 aromatic rings. The van der Waals surface area contributed by atoms with Crippen molar-refractivity contribution in [1.29, 1.82) is 0 Å². The van der Waals surface area contributed by atoms with Crippen molar-refractivity contribution in [2.75, 3.05) is 13.7 Å². The number of esters is 1.